The third kappa shape index (κ3) is 2.95. The molecule has 23 heavy (non-hydrogen) atoms. The van der Waals surface area contributed by atoms with E-state index in [4.69, 9.17) is 0 Å². The molecule has 6 nitrogen and oxygen atoms in total. The number of pyridine rings is 1. The van der Waals surface area contributed by atoms with Crippen molar-refractivity contribution in [3.8, 4) is 0 Å². The van der Waals surface area contributed by atoms with Crippen molar-refractivity contribution in [1.29, 1.82) is 0 Å². The summed E-state index contributed by atoms with van der Waals surface area (Å²) in [6, 6.07) is 5.92. The number of rotatable bonds is 4. The van der Waals surface area contributed by atoms with Crippen molar-refractivity contribution in [1.82, 2.24) is 14.8 Å². The highest BCUT2D eigenvalue weighted by molar-refractivity contribution is 5.88. The number of carboxylic acid groups (broad SMARTS) is 1. The highest BCUT2D eigenvalue weighted by atomic mass is 16.4. The Kier molecular flexibility index (Phi) is 4.35. The van der Waals surface area contributed by atoms with Gasteiger partial charge in [-0.05, 0) is 25.0 Å². The van der Waals surface area contributed by atoms with Crippen LogP contribution in [0, 0.1) is 5.92 Å². The minimum atomic E-state index is -0.843. The van der Waals surface area contributed by atoms with Gasteiger partial charge in [0.2, 0.25) is 5.91 Å². The van der Waals surface area contributed by atoms with Crippen LogP contribution in [0.3, 0.4) is 0 Å². The van der Waals surface area contributed by atoms with Crippen molar-refractivity contribution in [2.24, 2.45) is 5.92 Å². The van der Waals surface area contributed by atoms with Gasteiger partial charge in [0.25, 0.3) is 0 Å². The van der Waals surface area contributed by atoms with Crippen LogP contribution in [-0.2, 0) is 16.0 Å². The van der Waals surface area contributed by atoms with Crippen LogP contribution in [0.2, 0.25) is 0 Å². The minimum Gasteiger partial charge on any atom is -0.481 e. The molecule has 6 heteroatoms. The number of amides is 1. The Balaban J connectivity index is 1.61. The number of carbonyl (C=O) groups excluding carboxylic acids is 1. The number of piperidine rings is 1. The first-order valence-electron chi connectivity index (χ1n) is 8.15. The highest BCUT2D eigenvalue weighted by Crippen LogP contribution is 2.42. The Morgan fingerprint density at radius 1 is 1.39 bits per heavy atom. The summed E-state index contributed by atoms with van der Waals surface area (Å²) < 4.78 is 0. The van der Waals surface area contributed by atoms with E-state index in [-0.39, 0.29) is 12.3 Å². The second-order valence-corrected chi connectivity index (χ2v) is 6.56. The second-order valence-electron chi connectivity index (χ2n) is 6.56. The average molecular weight is 317 g/mol. The fourth-order valence-electron chi connectivity index (χ4n) is 3.97. The lowest BCUT2D eigenvalue weighted by molar-refractivity contribution is -0.146. The molecule has 1 aromatic rings. The maximum absolute atomic E-state index is 12.0. The molecule has 124 valence electrons. The maximum Gasteiger partial charge on any atom is 0.309 e. The molecule has 1 unspecified atom stereocenters. The smallest absolute Gasteiger partial charge is 0.309 e. The van der Waals surface area contributed by atoms with Crippen LogP contribution < -0.4 is 0 Å². The van der Waals surface area contributed by atoms with Gasteiger partial charge in [0.15, 0.2) is 0 Å². The molecule has 2 aliphatic heterocycles. The van der Waals surface area contributed by atoms with Gasteiger partial charge in [-0.25, -0.2) is 0 Å². The Labute approximate surface area is 136 Å². The lowest BCUT2D eigenvalue weighted by Gasteiger charge is -2.45. The summed E-state index contributed by atoms with van der Waals surface area (Å²) in [5.74, 6) is -1.46. The molecule has 0 radical (unpaired) electrons. The van der Waals surface area contributed by atoms with Crippen LogP contribution in [0.25, 0.3) is 0 Å². The first kappa shape index (κ1) is 15.9. The summed E-state index contributed by atoms with van der Waals surface area (Å²) >= 11 is 0. The van der Waals surface area contributed by atoms with E-state index in [2.05, 4.69) is 9.88 Å². The third-order valence-corrected chi connectivity index (χ3v) is 5.50. The van der Waals surface area contributed by atoms with E-state index < -0.39 is 17.4 Å². The fourth-order valence-corrected chi connectivity index (χ4v) is 3.97. The van der Waals surface area contributed by atoms with Gasteiger partial charge in [0, 0.05) is 51.4 Å². The van der Waals surface area contributed by atoms with Gasteiger partial charge in [0.05, 0.1) is 11.5 Å². The van der Waals surface area contributed by atoms with Gasteiger partial charge in [0.1, 0.15) is 0 Å². The molecule has 1 amide bonds. The third-order valence-electron chi connectivity index (χ3n) is 5.50. The first-order chi connectivity index (χ1) is 11.0. The maximum atomic E-state index is 12.0. The lowest BCUT2D eigenvalue weighted by Crippen LogP contribution is -2.56. The molecule has 3 heterocycles. The predicted octanol–water partition coefficient (Wildman–Crippen LogP) is 1.02. The number of aromatic nitrogens is 1. The van der Waals surface area contributed by atoms with Crippen LogP contribution in [0.15, 0.2) is 24.4 Å². The van der Waals surface area contributed by atoms with E-state index in [0.717, 1.165) is 44.6 Å². The summed E-state index contributed by atoms with van der Waals surface area (Å²) in [6.07, 6.45) is 4.30. The van der Waals surface area contributed by atoms with Crippen molar-refractivity contribution in [2.45, 2.75) is 31.2 Å². The Morgan fingerprint density at radius 3 is 2.74 bits per heavy atom. The van der Waals surface area contributed by atoms with Crippen molar-refractivity contribution < 1.29 is 14.7 Å². The highest BCUT2D eigenvalue weighted by Gasteiger charge is 2.55. The zero-order valence-corrected chi connectivity index (χ0v) is 13.4. The fraction of sp³-hybridized carbons (Fsp3) is 0.588. The lowest BCUT2D eigenvalue weighted by atomic mass is 9.77. The van der Waals surface area contributed by atoms with Crippen LogP contribution in [-0.4, -0.2) is 64.0 Å². The van der Waals surface area contributed by atoms with Gasteiger partial charge in [-0.15, -0.1) is 0 Å². The first-order valence-corrected chi connectivity index (χ1v) is 8.15. The molecule has 0 aromatic carbocycles. The van der Waals surface area contributed by atoms with Crippen LogP contribution in [0.4, 0.5) is 0 Å². The molecule has 1 aromatic heterocycles. The van der Waals surface area contributed by atoms with E-state index in [1.165, 1.54) is 0 Å². The number of carboxylic acids is 1. The Hall–Kier alpha value is -1.95. The topological polar surface area (TPSA) is 73.7 Å². The van der Waals surface area contributed by atoms with Crippen LogP contribution >= 0.6 is 0 Å². The van der Waals surface area contributed by atoms with Gasteiger partial charge >= 0.3 is 5.97 Å². The molecule has 0 bridgehead atoms. The van der Waals surface area contributed by atoms with Crippen molar-refractivity contribution in [3.63, 3.8) is 0 Å². The quantitative estimate of drug-likeness (QED) is 0.897. The van der Waals surface area contributed by atoms with Gasteiger partial charge < -0.3 is 14.9 Å². The number of hydrogen-bond acceptors (Lipinski definition) is 4. The summed E-state index contributed by atoms with van der Waals surface area (Å²) in [5, 5.41) is 9.48. The van der Waals surface area contributed by atoms with E-state index in [1.54, 1.807) is 18.1 Å². The summed E-state index contributed by atoms with van der Waals surface area (Å²) in [5.41, 5.74) is 0.578. The Bertz CT molecular complexity index is 582. The molecular formula is C17H23N3O3. The molecule has 3 rings (SSSR count). The molecule has 0 aliphatic carbocycles. The summed E-state index contributed by atoms with van der Waals surface area (Å²) in [7, 11) is 1.76. The van der Waals surface area contributed by atoms with Gasteiger partial charge in [-0.1, -0.05) is 6.07 Å². The van der Waals surface area contributed by atoms with E-state index >= 15 is 0 Å². The van der Waals surface area contributed by atoms with Crippen LogP contribution in [0.1, 0.15) is 25.0 Å². The van der Waals surface area contributed by atoms with Crippen molar-refractivity contribution in [2.75, 3.05) is 26.7 Å². The van der Waals surface area contributed by atoms with Gasteiger partial charge in [-0.2, -0.15) is 0 Å². The molecule has 1 N–H and O–H groups in total. The number of likely N-dealkylation sites (tertiary alicyclic amines) is 2. The molecule has 1 spiro atoms. The zero-order chi connectivity index (χ0) is 16.4. The average Bonchev–Trinajstić information content (AvgIpc) is 2.81. The second kappa shape index (κ2) is 6.28. The molecule has 2 saturated heterocycles. The number of nitrogens with zero attached hydrogens (tertiary/aromatic N) is 3. The zero-order valence-electron chi connectivity index (χ0n) is 13.4. The van der Waals surface area contributed by atoms with Gasteiger partial charge in [-0.3, -0.25) is 14.6 Å². The molecule has 1 atom stereocenters. The monoisotopic (exact) mass is 317 g/mol. The number of carbonyl (C=O) groups is 2. The molecular weight excluding hydrogens is 294 g/mol. The van der Waals surface area contributed by atoms with Crippen molar-refractivity contribution >= 4 is 11.9 Å². The molecule has 2 fully saturated rings. The van der Waals surface area contributed by atoms with Crippen molar-refractivity contribution in [3.05, 3.63) is 30.1 Å². The van der Waals surface area contributed by atoms with E-state index in [0.29, 0.717) is 0 Å². The standard InChI is InChI=1S/C17H23N3O3/c1-19-15(21)12-14(16(22)23)17(19)6-10-20(11-7-17)9-5-13-4-2-3-8-18-13/h2-4,8,14H,5-7,9-12H2,1H3,(H,22,23). The molecule has 0 saturated carbocycles. The summed E-state index contributed by atoms with van der Waals surface area (Å²) in [6.45, 7) is 2.57. The normalized spacial score (nSPS) is 24.3. The molecule has 2 aliphatic rings. The van der Waals surface area contributed by atoms with Crippen LogP contribution in [0.5, 0.6) is 0 Å². The van der Waals surface area contributed by atoms with E-state index in [9.17, 15) is 14.7 Å². The number of aliphatic carboxylic acids is 1. The summed E-state index contributed by atoms with van der Waals surface area (Å²) in [4.78, 5) is 31.9. The SMILES string of the molecule is CN1C(=O)CC(C(=O)O)C12CCN(CCc1ccccn1)CC2. The van der Waals surface area contributed by atoms with E-state index in [1.807, 2.05) is 18.2 Å². The predicted molar refractivity (Wildman–Crippen MR) is 84.9 cm³/mol. The number of hydrogen-bond donors (Lipinski definition) is 1. The Morgan fingerprint density at radius 2 is 2.13 bits per heavy atom. The largest absolute Gasteiger partial charge is 0.481 e. The minimum absolute atomic E-state index is 0.0423.